The third-order valence-corrected chi connectivity index (χ3v) is 4.07. The summed E-state index contributed by atoms with van der Waals surface area (Å²) in [5.74, 6) is 6.81. The van der Waals surface area contributed by atoms with Crippen molar-refractivity contribution >= 4 is 11.3 Å². The van der Waals surface area contributed by atoms with Crippen LogP contribution in [0.3, 0.4) is 0 Å². The van der Waals surface area contributed by atoms with Gasteiger partial charge < -0.3 is 10.5 Å². The molecule has 0 radical (unpaired) electrons. The van der Waals surface area contributed by atoms with E-state index in [2.05, 4.69) is 37.0 Å². The molecule has 0 aliphatic heterocycles. The number of thiophene rings is 1. The van der Waals surface area contributed by atoms with Crippen molar-refractivity contribution in [2.45, 2.75) is 32.8 Å². The lowest BCUT2D eigenvalue weighted by molar-refractivity contribution is 0.309. The molecule has 0 unspecified atom stereocenters. The standard InChI is InChI=1S/C18H21NOS/c1-2-3-5-15-7-9-16(10-8-15)20-14-18-12-11-17(21-18)6-4-13-19/h7-12H,2-3,5,13-14,19H2,1H3. The molecule has 0 aliphatic rings. The first kappa shape index (κ1) is 15.6. The van der Waals surface area contributed by atoms with Crippen LogP contribution >= 0.6 is 11.3 Å². The summed E-state index contributed by atoms with van der Waals surface area (Å²) in [5, 5.41) is 0. The molecule has 1 aromatic carbocycles. The van der Waals surface area contributed by atoms with E-state index in [1.54, 1.807) is 11.3 Å². The molecule has 0 saturated heterocycles. The summed E-state index contributed by atoms with van der Waals surface area (Å²) in [6, 6.07) is 12.5. The van der Waals surface area contributed by atoms with Crippen molar-refractivity contribution in [3.05, 3.63) is 51.7 Å². The maximum atomic E-state index is 5.81. The van der Waals surface area contributed by atoms with Crippen LogP contribution in [-0.4, -0.2) is 6.54 Å². The van der Waals surface area contributed by atoms with Gasteiger partial charge in [0.05, 0.1) is 11.4 Å². The quantitative estimate of drug-likeness (QED) is 0.819. The number of hydrogen-bond acceptors (Lipinski definition) is 3. The van der Waals surface area contributed by atoms with Gasteiger partial charge in [-0.1, -0.05) is 37.3 Å². The maximum Gasteiger partial charge on any atom is 0.122 e. The highest BCUT2D eigenvalue weighted by atomic mass is 32.1. The number of benzene rings is 1. The molecule has 0 saturated carbocycles. The van der Waals surface area contributed by atoms with Gasteiger partial charge in [0.1, 0.15) is 12.4 Å². The van der Waals surface area contributed by atoms with Crippen LogP contribution in [0.5, 0.6) is 5.75 Å². The number of hydrogen-bond donors (Lipinski definition) is 1. The summed E-state index contributed by atoms with van der Waals surface area (Å²) in [5.41, 5.74) is 6.74. The van der Waals surface area contributed by atoms with Gasteiger partial charge in [0, 0.05) is 4.88 Å². The van der Waals surface area contributed by atoms with Crippen molar-refractivity contribution in [2.75, 3.05) is 6.54 Å². The second-order valence-corrected chi connectivity index (χ2v) is 5.98. The normalized spacial score (nSPS) is 10.0. The number of nitrogens with two attached hydrogens (primary N) is 1. The summed E-state index contributed by atoms with van der Waals surface area (Å²) in [6.07, 6.45) is 3.61. The highest BCUT2D eigenvalue weighted by Gasteiger charge is 2.00. The molecule has 110 valence electrons. The van der Waals surface area contributed by atoms with E-state index < -0.39 is 0 Å². The number of rotatable bonds is 6. The number of unbranched alkanes of at least 4 members (excludes halogenated alkanes) is 1. The lowest BCUT2D eigenvalue weighted by Crippen LogP contribution is -1.93. The van der Waals surface area contributed by atoms with E-state index in [1.807, 2.05) is 18.2 Å². The first-order chi connectivity index (χ1) is 10.3. The van der Waals surface area contributed by atoms with Gasteiger partial charge in [-0.2, -0.15) is 0 Å². The Balaban J connectivity index is 1.86. The Morgan fingerprint density at radius 1 is 1.14 bits per heavy atom. The first-order valence-electron chi connectivity index (χ1n) is 7.31. The number of ether oxygens (including phenoxy) is 1. The van der Waals surface area contributed by atoms with Crippen molar-refractivity contribution in [1.29, 1.82) is 0 Å². The smallest absolute Gasteiger partial charge is 0.122 e. The molecule has 21 heavy (non-hydrogen) atoms. The van der Waals surface area contributed by atoms with E-state index >= 15 is 0 Å². The molecule has 3 heteroatoms. The van der Waals surface area contributed by atoms with E-state index in [-0.39, 0.29) is 0 Å². The van der Waals surface area contributed by atoms with Gasteiger partial charge in [-0.3, -0.25) is 0 Å². The van der Waals surface area contributed by atoms with Gasteiger partial charge in [-0.25, -0.2) is 0 Å². The van der Waals surface area contributed by atoms with Crippen LogP contribution in [0.15, 0.2) is 36.4 Å². The first-order valence-corrected chi connectivity index (χ1v) is 8.13. The zero-order valence-electron chi connectivity index (χ0n) is 12.4. The molecule has 0 fully saturated rings. The molecule has 2 nitrogen and oxygen atoms in total. The van der Waals surface area contributed by atoms with Gasteiger partial charge >= 0.3 is 0 Å². The molecule has 0 atom stereocenters. The molecule has 2 N–H and O–H groups in total. The van der Waals surface area contributed by atoms with Gasteiger partial charge in [0.25, 0.3) is 0 Å². The fourth-order valence-electron chi connectivity index (χ4n) is 1.95. The van der Waals surface area contributed by atoms with Crippen LogP contribution in [0.4, 0.5) is 0 Å². The van der Waals surface area contributed by atoms with Crippen LogP contribution in [0.25, 0.3) is 0 Å². The third-order valence-electron chi connectivity index (χ3n) is 3.10. The van der Waals surface area contributed by atoms with Crippen LogP contribution in [-0.2, 0) is 13.0 Å². The molecule has 0 spiro atoms. The summed E-state index contributed by atoms with van der Waals surface area (Å²) in [4.78, 5) is 2.21. The van der Waals surface area contributed by atoms with Gasteiger partial charge in [0.15, 0.2) is 0 Å². The molecular weight excluding hydrogens is 278 g/mol. The minimum Gasteiger partial charge on any atom is -0.488 e. The summed E-state index contributed by atoms with van der Waals surface area (Å²) >= 11 is 1.65. The second-order valence-electron chi connectivity index (χ2n) is 4.81. The average Bonchev–Trinajstić information content (AvgIpc) is 2.98. The monoisotopic (exact) mass is 299 g/mol. The Kier molecular flexibility index (Phi) is 6.33. The van der Waals surface area contributed by atoms with E-state index in [0.29, 0.717) is 13.2 Å². The minimum absolute atomic E-state index is 0.397. The summed E-state index contributed by atoms with van der Waals surface area (Å²) in [6.45, 7) is 3.20. The Bertz CT molecular complexity index is 604. The third kappa shape index (κ3) is 5.26. The molecular formula is C18H21NOS. The van der Waals surface area contributed by atoms with Crippen molar-refractivity contribution < 1.29 is 4.74 Å². The molecule has 1 aromatic heterocycles. The van der Waals surface area contributed by atoms with E-state index in [4.69, 9.17) is 10.5 Å². The predicted octanol–water partition coefficient (Wildman–Crippen LogP) is 3.98. The van der Waals surface area contributed by atoms with Crippen LogP contribution in [0.1, 0.15) is 35.1 Å². The van der Waals surface area contributed by atoms with Crippen molar-refractivity contribution in [3.8, 4) is 17.6 Å². The van der Waals surface area contributed by atoms with Crippen molar-refractivity contribution in [2.24, 2.45) is 5.73 Å². The molecule has 2 rings (SSSR count). The molecule has 1 heterocycles. The Labute approximate surface area is 131 Å². The zero-order valence-corrected chi connectivity index (χ0v) is 13.2. The van der Waals surface area contributed by atoms with Crippen molar-refractivity contribution in [3.63, 3.8) is 0 Å². The Morgan fingerprint density at radius 3 is 2.67 bits per heavy atom. The topological polar surface area (TPSA) is 35.2 Å². The molecule has 0 aliphatic carbocycles. The number of aryl methyl sites for hydroxylation is 1. The maximum absolute atomic E-state index is 5.81. The van der Waals surface area contributed by atoms with E-state index in [0.717, 1.165) is 17.0 Å². The summed E-state index contributed by atoms with van der Waals surface area (Å²) < 4.78 is 5.81. The van der Waals surface area contributed by atoms with Gasteiger partial charge in [-0.05, 0) is 42.7 Å². The second kappa shape index (κ2) is 8.51. The summed E-state index contributed by atoms with van der Waals surface area (Å²) in [7, 11) is 0. The Morgan fingerprint density at radius 2 is 1.95 bits per heavy atom. The van der Waals surface area contributed by atoms with E-state index in [9.17, 15) is 0 Å². The fraction of sp³-hybridized carbons (Fsp3) is 0.333. The van der Waals surface area contributed by atoms with Crippen molar-refractivity contribution in [1.82, 2.24) is 0 Å². The van der Waals surface area contributed by atoms with Gasteiger partial charge in [-0.15, -0.1) is 11.3 Å². The minimum atomic E-state index is 0.397. The molecule has 2 aromatic rings. The predicted molar refractivity (Wildman–Crippen MR) is 89.6 cm³/mol. The lowest BCUT2D eigenvalue weighted by Gasteiger charge is -2.06. The molecule has 0 amide bonds. The van der Waals surface area contributed by atoms with E-state index in [1.165, 1.54) is 23.3 Å². The Hall–Kier alpha value is -1.76. The zero-order chi connectivity index (χ0) is 14.9. The lowest BCUT2D eigenvalue weighted by atomic mass is 10.1. The fourth-order valence-corrected chi connectivity index (χ4v) is 2.74. The largest absolute Gasteiger partial charge is 0.488 e. The average molecular weight is 299 g/mol. The molecule has 0 bridgehead atoms. The van der Waals surface area contributed by atoms with Gasteiger partial charge in [0.2, 0.25) is 0 Å². The van der Waals surface area contributed by atoms with Crippen LogP contribution < -0.4 is 10.5 Å². The highest BCUT2D eigenvalue weighted by Crippen LogP contribution is 2.19. The highest BCUT2D eigenvalue weighted by molar-refractivity contribution is 7.12. The SMILES string of the molecule is CCCCc1ccc(OCc2ccc(C#CCN)s2)cc1. The van der Waals surface area contributed by atoms with Crippen LogP contribution in [0.2, 0.25) is 0 Å². The van der Waals surface area contributed by atoms with Crippen LogP contribution in [0, 0.1) is 11.8 Å².